The molecule has 0 radical (unpaired) electrons. The number of anilines is 2. The van der Waals surface area contributed by atoms with Crippen LogP contribution in [0.4, 0.5) is 11.6 Å². The van der Waals surface area contributed by atoms with Crippen molar-refractivity contribution in [2.45, 2.75) is 58.5 Å². The first kappa shape index (κ1) is 29.6. The van der Waals surface area contributed by atoms with Crippen LogP contribution in [0.3, 0.4) is 0 Å². The second kappa shape index (κ2) is 11.2. The minimum absolute atomic E-state index is 0.0211. The van der Waals surface area contributed by atoms with Crippen LogP contribution in [0, 0.1) is 18.8 Å². The zero-order valence-corrected chi connectivity index (χ0v) is 25.2. The van der Waals surface area contributed by atoms with E-state index < -0.39 is 15.9 Å². The van der Waals surface area contributed by atoms with Gasteiger partial charge >= 0.3 is 0 Å². The van der Waals surface area contributed by atoms with Crippen LogP contribution in [0.5, 0.6) is 5.75 Å². The van der Waals surface area contributed by atoms with Crippen molar-refractivity contribution in [2.75, 3.05) is 23.8 Å². The lowest BCUT2D eigenvalue weighted by molar-refractivity contribution is 0.0981. The Balaban J connectivity index is 1.82. The summed E-state index contributed by atoms with van der Waals surface area (Å²) in [5, 5.41) is -0.152. The summed E-state index contributed by atoms with van der Waals surface area (Å²) in [6.07, 6.45) is 0.872. The van der Waals surface area contributed by atoms with Gasteiger partial charge in [-0.05, 0) is 81.0 Å². The molecule has 0 spiro atoms. The van der Waals surface area contributed by atoms with Crippen LogP contribution in [0.2, 0.25) is 5.02 Å². The number of carbonyl (C=O) groups is 1. The van der Waals surface area contributed by atoms with Crippen LogP contribution in [0.25, 0.3) is 11.3 Å². The topological polar surface area (TPSA) is 128 Å². The molecule has 2 aromatic heterocycles. The second-order valence-electron chi connectivity index (χ2n) is 11.5. The van der Waals surface area contributed by atoms with Crippen LogP contribution in [-0.4, -0.2) is 43.0 Å². The lowest BCUT2D eigenvalue weighted by Gasteiger charge is -2.34. The van der Waals surface area contributed by atoms with Gasteiger partial charge in [0.15, 0.2) is 5.03 Å². The van der Waals surface area contributed by atoms with Crippen molar-refractivity contribution in [3.63, 3.8) is 0 Å². The summed E-state index contributed by atoms with van der Waals surface area (Å²) in [7, 11) is -4.31. The molecule has 9 nitrogen and oxygen atoms in total. The quantitative estimate of drug-likeness (QED) is 0.356. The van der Waals surface area contributed by atoms with E-state index in [2.05, 4.69) is 44.3 Å². The number of halogens is 1. The number of pyridine rings is 2. The van der Waals surface area contributed by atoms with E-state index in [1.54, 1.807) is 0 Å². The largest absolute Gasteiger partial charge is 0.493 e. The third-order valence-electron chi connectivity index (χ3n) is 6.68. The van der Waals surface area contributed by atoms with E-state index in [0.717, 1.165) is 17.5 Å². The number of carbonyl (C=O) groups excluding carboxylic acids is 1. The maximum Gasteiger partial charge on any atom is 0.281 e. The fourth-order valence-corrected chi connectivity index (χ4v) is 6.26. The molecule has 1 amide bonds. The van der Waals surface area contributed by atoms with Crippen molar-refractivity contribution in [1.29, 1.82) is 0 Å². The molecule has 0 bridgehead atoms. The number of hydrogen-bond donors (Lipinski definition) is 2. The van der Waals surface area contributed by atoms with Crippen LogP contribution < -0.4 is 20.1 Å². The summed E-state index contributed by atoms with van der Waals surface area (Å²) in [6, 6.07) is 11.4. The molecule has 4 rings (SSSR count). The van der Waals surface area contributed by atoms with Crippen molar-refractivity contribution >= 4 is 39.2 Å². The predicted octanol–water partition coefficient (Wildman–Crippen LogP) is 5.47. The molecule has 214 valence electrons. The van der Waals surface area contributed by atoms with Crippen molar-refractivity contribution < 1.29 is 17.9 Å². The highest BCUT2D eigenvalue weighted by molar-refractivity contribution is 7.90. The highest BCUT2D eigenvalue weighted by Crippen LogP contribution is 2.40. The Kier molecular flexibility index (Phi) is 8.33. The first-order chi connectivity index (χ1) is 18.7. The molecule has 3 N–H and O–H groups in total. The highest BCUT2D eigenvalue weighted by atomic mass is 35.5. The third kappa shape index (κ3) is 6.50. The van der Waals surface area contributed by atoms with Crippen LogP contribution in [0.1, 0.15) is 57.0 Å². The van der Waals surface area contributed by atoms with Crippen molar-refractivity contribution in [3.8, 4) is 17.0 Å². The monoisotopic (exact) mass is 585 g/mol. The number of hydrogen-bond acceptors (Lipinski definition) is 8. The molecule has 0 unspecified atom stereocenters. The molecule has 40 heavy (non-hydrogen) atoms. The Labute approximate surface area is 241 Å². The zero-order valence-electron chi connectivity index (χ0n) is 23.7. The van der Waals surface area contributed by atoms with Crippen LogP contribution in [-0.2, 0) is 10.0 Å². The van der Waals surface area contributed by atoms with E-state index in [1.165, 1.54) is 24.3 Å². The molecule has 1 aliphatic rings. The lowest BCUT2D eigenvalue weighted by atomic mass is 9.97. The van der Waals surface area contributed by atoms with Gasteiger partial charge < -0.3 is 15.4 Å². The first-order valence-electron chi connectivity index (χ1n) is 13.2. The Morgan fingerprint density at radius 3 is 2.58 bits per heavy atom. The fourth-order valence-electron chi connectivity index (χ4n) is 5.05. The van der Waals surface area contributed by atoms with Gasteiger partial charge in [-0.1, -0.05) is 38.4 Å². The molecule has 11 heteroatoms. The van der Waals surface area contributed by atoms with Gasteiger partial charge in [0.25, 0.3) is 15.9 Å². The van der Waals surface area contributed by atoms with Gasteiger partial charge in [0.2, 0.25) is 0 Å². The number of nitrogen functional groups attached to an aromatic ring is 1. The Bertz CT molecular complexity index is 1540. The summed E-state index contributed by atoms with van der Waals surface area (Å²) >= 11 is 6.75. The smallest absolute Gasteiger partial charge is 0.281 e. The molecular formula is C29H36ClN5O4S. The summed E-state index contributed by atoms with van der Waals surface area (Å²) in [4.78, 5) is 24.4. The van der Waals surface area contributed by atoms with Crippen LogP contribution >= 0.6 is 11.6 Å². The molecule has 1 atom stereocenters. The lowest BCUT2D eigenvalue weighted by Crippen LogP contribution is -2.41. The number of aromatic nitrogens is 2. The number of rotatable bonds is 8. The summed E-state index contributed by atoms with van der Waals surface area (Å²) in [6.45, 7) is 13.6. The first-order valence-corrected chi connectivity index (χ1v) is 15.0. The SMILES string of the molecule is Cc1cc(OCC(C)C)cc(-c2nc(N3C[C@@H](C)CC3(C)C)c(C(=O)NS(=O)(=O)c3cccc(N)n3)cc2Cl)c1. The molecule has 1 aliphatic heterocycles. The van der Waals surface area contributed by atoms with Gasteiger partial charge in [0.05, 0.1) is 22.9 Å². The number of amides is 1. The molecular weight excluding hydrogens is 550 g/mol. The van der Waals surface area contributed by atoms with Crippen molar-refractivity contribution in [2.24, 2.45) is 11.8 Å². The number of benzene rings is 1. The maximum atomic E-state index is 13.6. The summed E-state index contributed by atoms with van der Waals surface area (Å²) < 4.78 is 34.1. The van der Waals surface area contributed by atoms with E-state index in [4.69, 9.17) is 27.1 Å². The van der Waals surface area contributed by atoms with Gasteiger partial charge in [-0.2, -0.15) is 8.42 Å². The number of ether oxygens (including phenoxy) is 1. The second-order valence-corrected chi connectivity index (χ2v) is 13.5. The van der Waals surface area contributed by atoms with Crippen LogP contribution in [0.15, 0.2) is 47.5 Å². The average Bonchev–Trinajstić information content (AvgIpc) is 3.13. The molecule has 3 aromatic rings. The normalized spacial score (nSPS) is 16.8. The Morgan fingerprint density at radius 1 is 1.23 bits per heavy atom. The molecule has 1 fully saturated rings. The standard InChI is InChI=1S/C29H36ClN5O4S/c1-17(2)16-39-21-11-18(3)10-20(12-21)26-23(30)13-22(27(33-26)35-15-19(4)14-29(35,5)6)28(36)34-40(37,38)25-9-7-8-24(31)32-25/h7-13,17,19H,14-16H2,1-6H3,(H2,31,32)(H,34,36)/t19-/m0/s1. The van der Waals surface area contributed by atoms with Gasteiger partial charge in [-0.3, -0.25) is 4.79 Å². The number of sulfonamides is 1. The number of nitrogens with one attached hydrogen (secondary N) is 1. The molecule has 1 saturated heterocycles. The molecule has 1 aromatic carbocycles. The van der Waals surface area contributed by atoms with Gasteiger partial charge in [0, 0.05) is 17.6 Å². The van der Waals surface area contributed by atoms with E-state index in [-0.39, 0.29) is 27.0 Å². The summed E-state index contributed by atoms with van der Waals surface area (Å²) in [5.41, 5.74) is 7.55. The highest BCUT2D eigenvalue weighted by Gasteiger charge is 2.39. The number of nitrogens with two attached hydrogens (primary N) is 1. The number of nitrogens with zero attached hydrogens (tertiary/aromatic N) is 3. The average molecular weight is 586 g/mol. The van der Waals surface area contributed by atoms with E-state index in [1.807, 2.05) is 30.0 Å². The minimum atomic E-state index is -4.31. The van der Waals surface area contributed by atoms with E-state index >= 15 is 0 Å². The Morgan fingerprint density at radius 2 is 1.95 bits per heavy atom. The zero-order chi connectivity index (χ0) is 29.4. The minimum Gasteiger partial charge on any atom is -0.493 e. The van der Waals surface area contributed by atoms with Gasteiger partial charge in [-0.15, -0.1) is 0 Å². The Hall–Kier alpha value is -3.37. The molecule has 0 saturated carbocycles. The van der Waals surface area contributed by atoms with Gasteiger partial charge in [-0.25, -0.2) is 14.7 Å². The van der Waals surface area contributed by atoms with E-state index in [0.29, 0.717) is 42.2 Å². The van der Waals surface area contributed by atoms with E-state index in [9.17, 15) is 13.2 Å². The number of aryl methyl sites for hydroxylation is 1. The molecule has 0 aliphatic carbocycles. The van der Waals surface area contributed by atoms with Gasteiger partial charge in [0.1, 0.15) is 17.4 Å². The van der Waals surface area contributed by atoms with Crippen molar-refractivity contribution in [1.82, 2.24) is 14.7 Å². The third-order valence-corrected chi connectivity index (χ3v) is 8.20. The molecule has 3 heterocycles. The predicted molar refractivity (Wildman–Crippen MR) is 158 cm³/mol. The van der Waals surface area contributed by atoms with Crippen molar-refractivity contribution in [3.05, 3.63) is 58.6 Å². The maximum absolute atomic E-state index is 13.6. The summed E-state index contributed by atoms with van der Waals surface area (Å²) in [5.74, 6) is 0.901. The fraction of sp³-hybridized carbons (Fsp3) is 0.414.